The number of methoxy groups -OCH3 is 1. The Morgan fingerprint density at radius 3 is 2.69 bits per heavy atom. The van der Waals surface area contributed by atoms with E-state index in [2.05, 4.69) is 6.92 Å². The summed E-state index contributed by atoms with van der Waals surface area (Å²) in [6, 6.07) is 3.94. The van der Waals surface area contributed by atoms with Crippen LogP contribution in [0.3, 0.4) is 0 Å². The molecule has 0 aliphatic carbocycles. The van der Waals surface area contributed by atoms with Gasteiger partial charge in [-0.1, -0.05) is 6.92 Å². The molecule has 0 amide bonds. The monoisotopic (exact) mass is 224 g/mol. The Morgan fingerprint density at radius 1 is 1.31 bits per heavy atom. The molecule has 1 aromatic rings. The molecule has 16 heavy (non-hydrogen) atoms. The Balaban J connectivity index is 2.20. The second-order valence-corrected chi connectivity index (χ2v) is 3.86. The zero-order chi connectivity index (χ0) is 11.8. The average molecular weight is 224 g/mol. The summed E-state index contributed by atoms with van der Waals surface area (Å²) in [7, 11) is 1.65. The molecule has 0 spiro atoms. The summed E-state index contributed by atoms with van der Waals surface area (Å²) in [6.45, 7) is 2.71. The lowest BCUT2D eigenvalue weighted by Crippen LogP contribution is -2.01. The highest BCUT2D eigenvalue weighted by molar-refractivity contribution is 5.78. The van der Waals surface area contributed by atoms with Crippen molar-refractivity contribution in [3.8, 4) is 0 Å². The molecule has 90 valence electrons. The fraction of sp³-hybridized carbons (Fsp3) is 0.615. The summed E-state index contributed by atoms with van der Waals surface area (Å²) in [5, 5.41) is 0. The third kappa shape index (κ3) is 4.62. The summed E-state index contributed by atoms with van der Waals surface area (Å²) >= 11 is 0. The van der Waals surface area contributed by atoms with Crippen LogP contribution in [0.4, 0.5) is 0 Å². The van der Waals surface area contributed by atoms with Crippen molar-refractivity contribution in [2.75, 3.05) is 13.7 Å². The number of furan rings is 1. The Hall–Kier alpha value is -1.09. The van der Waals surface area contributed by atoms with Gasteiger partial charge in [-0.15, -0.1) is 0 Å². The molecule has 0 aliphatic heterocycles. The van der Waals surface area contributed by atoms with Gasteiger partial charge in [0.05, 0.1) is 0 Å². The van der Waals surface area contributed by atoms with Gasteiger partial charge in [-0.2, -0.15) is 0 Å². The number of carbonyl (C=O) groups is 1. The van der Waals surface area contributed by atoms with Gasteiger partial charge in [0.1, 0.15) is 17.3 Å². The number of ether oxygens (including phenoxy) is 1. The lowest BCUT2D eigenvalue weighted by Gasteiger charge is -1.99. The maximum absolute atomic E-state index is 11.5. The van der Waals surface area contributed by atoms with E-state index in [1.165, 1.54) is 0 Å². The van der Waals surface area contributed by atoms with Gasteiger partial charge in [0.2, 0.25) is 0 Å². The van der Waals surface area contributed by atoms with Crippen LogP contribution in [-0.4, -0.2) is 19.5 Å². The van der Waals surface area contributed by atoms with Crippen LogP contribution in [0.25, 0.3) is 0 Å². The first-order chi connectivity index (χ1) is 7.76. The van der Waals surface area contributed by atoms with E-state index in [1.807, 2.05) is 12.1 Å². The third-order valence-electron chi connectivity index (χ3n) is 2.52. The van der Waals surface area contributed by atoms with Crippen LogP contribution < -0.4 is 0 Å². The molecular formula is C13H20O3. The second-order valence-electron chi connectivity index (χ2n) is 3.86. The van der Waals surface area contributed by atoms with Gasteiger partial charge in [0.25, 0.3) is 0 Å². The van der Waals surface area contributed by atoms with Gasteiger partial charge >= 0.3 is 0 Å². The number of rotatable bonds is 8. The molecular weight excluding hydrogens is 204 g/mol. The molecule has 0 atom stereocenters. The molecule has 0 aliphatic rings. The van der Waals surface area contributed by atoms with Crippen molar-refractivity contribution < 1.29 is 13.9 Å². The molecule has 0 unspecified atom stereocenters. The van der Waals surface area contributed by atoms with Crippen LogP contribution in [-0.2, 0) is 22.4 Å². The lowest BCUT2D eigenvalue weighted by atomic mass is 10.1. The molecule has 1 heterocycles. The highest BCUT2D eigenvalue weighted by atomic mass is 16.5. The molecule has 3 heteroatoms. The van der Waals surface area contributed by atoms with E-state index in [0.717, 1.165) is 24.4 Å². The fourth-order valence-electron chi connectivity index (χ4n) is 1.55. The molecule has 3 nitrogen and oxygen atoms in total. The standard InChI is InChI=1S/C13H20O3/c1-3-12-8-9-13(16-12)7-6-11(14)5-4-10-15-2/h8-9H,3-7,10H2,1-2H3. The molecule has 0 saturated carbocycles. The highest BCUT2D eigenvalue weighted by Gasteiger charge is 2.05. The van der Waals surface area contributed by atoms with Crippen molar-refractivity contribution in [1.82, 2.24) is 0 Å². The van der Waals surface area contributed by atoms with Crippen molar-refractivity contribution >= 4 is 5.78 Å². The summed E-state index contributed by atoms with van der Waals surface area (Å²) in [5.74, 6) is 2.19. The summed E-state index contributed by atoms with van der Waals surface area (Å²) in [4.78, 5) is 11.5. The maximum atomic E-state index is 11.5. The topological polar surface area (TPSA) is 39.4 Å². The fourth-order valence-corrected chi connectivity index (χ4v) is 1.55. The van der Waals surface area contributed by atoms with E-state index in [0.29, 0.717) is 25.9 Å². The van der Waals surface area contributed by atoms with E-state index in [4.69, 9.17) is 9.15 Å². The van der Waals surface area contributed by atoms with Gasteiger partial charge in [-0.25, -0.2) is 0 Å². The summed E-state index contributed by atoms with van der Waals surface area (Å²) in [6.07, 6.45) is 3.61. The van der Waals surface area contributed by atoms with Gasteiger partial charge in [0, 0.05) is 39.4 Å². The van der Waals surface area contributed by atoms with E-state index < -0.39 is 0 Å². The zero-order valence-electron chi connectivity index (χ0n) is 10.1. The van der Waals surface area contributed by atoms with Crippen LogP contribution in [0.2, 0.25) is 0 Å². The Kier molecular flexibility index (Phi) is 5.86. The maximum Gasteiger partial charge on any atom is 0.133 e. The minimum absolute atomic E-state index is 0.284. The van der Waals surface area contributed by atoms with Crippen LogP contribution in [0.15, 0.2) is 16.5 Å². The van der Waals surface area contributed by atoms with Crippen LogP contribution >= 0.6 is 0 Å². The smallest absolute Gasteiger partial charge is 0.133 e. The van der Waals surface area contributed by atoms with Crippen molar-refractivity contribution in [2.24, 2.45) is 0 Å². The van der Waals surface area contributed by atoms with Crippen LogP contribution in [0, 0.1) is 0 Å². The first-order valence-electron chi connectivity index (χ1n) is 5.84. The lowest BCUT2D eigenvalue weighted by molar-refractivity contribution is -0.119. The molecule has 0 aromatic carbocycles. The SMILES string of the molecule is CCc1ccc(CCC(=O)CCCOC)o1. The number of aryl methyl sites for hydroxylation is 2. The number of hydrogen-bond acceptors (Lipinski definition) is 3. The predicted molar refractivity (Wildman–Crippen MR) is 62.5 cm³/mol. The van der Waals surface area contributed by atoms with Crippen molar-refractivity contribution in [2.45, 2.75) is 39.0 Å². The molecule has 0 bridgehead atoms. The molecule has 1 aromatic heterocycles. The van der Waals surface area contributed by atoms with E-state index in [1.54, 1.807) is 7.11 Å². The molecule has 0 fully saturated rings. The second kappa shape index (κ2) is 7.23. The Labute approximate surface area is 96.8 Å². The van der Waals surface area contributed by atoms with Gasteiger partial charge in [-0.3, -0.25) is 4.79 Å². The first-order valence-corrected chi connectivity index (χ1v) is 5.84. The minimum atomic E-state index is 0.284. The predicted octanol–water partition coefficient (Wildman–Crippen LogP) is 2.77. The number of carbonyl (C=O) groups excluding carboxylic acids is 1. The Morgan fingerprint density at radius 2 is 2.06 bits per heavy atom. The molecule has 0 saturated heterocycles. The van der Waals surface area contributed by atoms with E-state index >= 15 is 0 Å². The van der Waals surface area contributed by atoms with Crippen molar-refractivity contribution in [3.05, 3.63) is 23.7 Å². The molecule has 0 radical (unpaired) electrons. The van der Waals surface area contributed by atoms with Gasteiger partial charge < -0.3 is 9.15 Å². The largest absolute Gasteiger partial charge is 0.466 e. The molecule has 1 rings (SSSR count). The van der Waals surface area contributed by atoms with E-state index in [-0.39, 0.29) is 5.78 Å². The number of hydrogen-bond donors (Lipinski definition) is 0. The van der Waals surface area contributed by atoms with Crippen LogP contribution in [0.1, 0.15) is 37.7 Å². The zero-order valence-corrected chi connectivity index (χ0v) is 10.1. The average Bonchev–Trinajstić information content (AvgIpc) is 2.74. The Bertz CT molecular complexity index is 315. The normalized spacial score (nSPS) is 10.6. The highest BCUT2D eigenvalue weighted by Crippen LogP contribution is 2.11. The summed E-state index contributed by atoms with van der Waals surface area (Å²) < 4.78 is 10.4. The summed E-state index contributed by atoms with van der Waals surface area (Å²) in [5.41, 5.74) is 0. The quantitative estimate of drug-likeness (QED) is 0.637. The van der Waals surface area contributed by atoms with E-state index in [9.17, 15) is 4.79 Å². The molecule has 0 N–H and O–H groups in total. The minimum Gasteiger partial charge on any atom is -0.466 e. The first kappa shape index (κ1) is 13.0. The van der Waals surface area contributed by atoms with Gasteiger partial charge in [0.15, 0.2) is 0 Å². The van der Waals surface area contributed by atoms with Crippen molar-refractivity contribution in [3.63, 3.8) is 0 Å². The number of ketones is 1. The van der Waals surface area contributed by atoms with Crippen molar-refractivity contribution in [1.29, 1.82) is 0 Å². The van der Waals surface area contributed by atoms with Gasteiger partial charge in [-0.05, 0) is 18.6 Å². The third-order valence-corrected chi connectivity index (χ3v) is 2.52. The van der Waals surface area contributed by atoms with Crippen LogP contribution in [0.5, 0.6) is 0 Å². The number of Topliss-reactive ketones (excluding diaryl/α,β-unsaturated/α-hetero) is 1.